The summed E-state index contributed by atoms with van der Waals surface area (Å²) in [6.07, 6.45) is 0.968. The number of anilines is 1. The Balaban J connectivity index is 2.06. The number of ether oxygens (including phenoxy) is 2. The molecule has 0 aromatic heterocycles. The quantitative estimate of drug-likeness (QED) is 0.720. The van der Waals surface area contributed by atoms with Gasteiger partial charge in [0.15, 0.2) is 0 Å². The minimum Gasteiger partial charge on any atom is -0.497 e. The molecule has 0 fully saturated rings. The third-order valence-electron chi connectivity index (χ3n) is 3.88. The summed E-state index contributed by atoms with van der Waals surface area (Å²) in [4.78, 5) is 24.4. The summed E-state index contributed by atoms with van der Waals surface area (Å²) >= 11 is 6.18. The molecule has 0 aliphatic carbocycles. The minimum absolute atomic E-state index is 0.128. The predicted molar refractivity (Wildman–Crippen MR) is 106 cm³/mol. The molecule has 2 aromatic carbocycles. The van der Waals surface area contributed by atoms with Gasteiger partial charge in [-0.25, -0.2) is 0 Å². The summed E-state index contributed by atoms with van der Waals surface area (Å²) in [6.45, 7) is 2.55. The fourth-order valence-electron chi connectivity index (χ4n) is 2.49. The molecule has 0 radical (unpaired) electrons. The van der Waals surface area contributed by atoms with E-state index in [1.807, 2.05) is 6.92 Å². The van der Waals surface area contributed by atoms with Gasteiger partial charge in [0.1, 0.15) is 11.5 Å². The minimum atomic E-state index is -0.234. The van der Waals surface area contributed by atoms with E-state index in [1.165, 1.54) is 7.11 Å². The van der Waals surface area contributed by atoms with E-state index < -0.39 is 0 Å². The number of carbonyl (C=O) groups excluding carboxylic acids is 2. The van der Waals surface area contributed by atoms with Crippen LogP contribution in [0, 0.1) is 0 Å². The van der Waals surface area contributed by atoms with Crippen LogP contribution in [0.2, 0.25) is 5.02 Å². The Morgan fingerprint density at radius 2 is 1.85 bits per heavy atom. The van der Waals surface area contributed by atoms with E-state index >= 15 is 0 Å². The maximum Gasteiger partial charge on any atom is 0.252 e. The summed E-state index contributed by atoms with van der Waals surface area (Å²) in [5.74, 6) is 0.769. The summed E-state index contributed by atoms with van der Waals surface area (Å²) in [7, 11) is 3.11. The van der Waals surface area contributed by atoms with E-state index in [1.54, 1.807) is 43.5 Å². The highest BCUT2D eigenvalue weighted by Gasteiger charge is 2.13. The van der Waals surface area contributed by atoms with Crippen molar-refractivity contribution in [2.75, 3.05) is 26.1 Å². The van der Waals surface area contributed by atoms with Gasteiger partial charge in [-0.2, -0.15) is 0 Å². The van der Waals surface area contributed by atoms with E-state index in [0.717, 1.165) is 12.0 Å². The van der Waals surface area contributed by atoms with Gasteiger partial charge in [-0.1, -0.05) is 24.6 Å². The number of carbonyl (C=O) groups is 2. The Hall–Kier alpha value is -2.73. The Bertz CT molecular complexity index is 824. The monoisotopic (exact) mass is 390 g/mol. The first-order chi connectivity index (χ1) is 13.0. The summed E-state index contributed by atoms with van der Waals surface area (Å²) in [6, 6.07) is 10.1. The van der Waals surface area contributed by atoms with Crippen molar-refractivity contribution >= 4 is 29.1 Å². The Morgan fingerprint density at radius 3 is 2.48 bits per heavy atom. The van der Waals surface area contributed by atoms with Crippen LogP contribution in [0.1, 0.15) is 29.3 Å². The zero-order valence-corrected chi connectivity index (χ0v) is 16.4. The summed E-state index contributed by atoms with van der Waals surface area (Å²) < 4.78 is 10.5. The largest absolute Gasteiger partial charge is 0.497 e. The Morgan fingerprint density at radius 1 is 1.07 bits per heavy atom. The Kier molecular flexibility index (Phi) is 7.49. The maximum absolute atomic E-state index is 12.4. The first kappa shape index (κ1) is 20.6. The SMILES string of the molecule is CCCNC(=O)c1ccc(NC(=O)Cc2ccc(OC)cc2OC)cc1Cl. The first-order valence-corrected chi connectivity index (χ1v) is 8.94. The molecule has 0 bridgehead atoms. The topological polar surface area (TPSA) is 76.7 Å². The highest BCUT2D eigenvalue weighted by molar-refractivity contribution is 6.34. The lowest BCUT2D eigenvalue weighted by Gasteiger charge is -2.12. The van der Waals surface area contributed by atoms with E-state index in [2.05, 4.69) is 10.6 Å². The van der Waals surface area contributed by atoms with Crippen LogP contribution in [0.3, 0.4) is 0 Å². The molecule has 0 unspecified atom stereocenters. The molecule has 0 aliphatic heterocycles. The van der Waals surface area contributed by atoms with Gasteiger partial charge in [-0.15, -0.1) is 0 Å². The molecule has 2 amide bonds. The van der Waals surface area contributed by atoms with Gasteiger partial charge in [-0.05, 0) is 30.7 Å². The molecule has 144 valence electrons. The standard InChI is InChI=1S/C20H23ClN2O4/c1-4-9-22-20(25)16-8-6-14(11-17(16)21)23-19(24)10-13-5-7-15(26-2)12-18(13)27-3/h5-8,11-12H,4,9-10H2,1-3H3,(H,22,25)(H,23,24). The van der Waals surface area contributed by atoms with Crippen molar-refractivity contribution in [3.8, 4) is 11.5 Å². The average Bonchev–Trinajstić information content (AvgIpc) is 2.66. The molecule has 7 heteroatoms. The van der Waals surface area contributed by atoms with Gasteiger partial charge >= 0.3 is 0 Å². The second-order valence-electron chi connectivity index (χ2n) is 5.85. The molecule has 0 spiro atoms. The summed E-state index contributed by atoms with van der Waals surface area (Å²) in [5.41, 5.74) is 1.63. The smallest absolute Gasteiger partial charge is 0.252 e. The highest BCUT2D eigenvalue weighted by atomic mass is 35.5. The molecule has 2 rings (SSSR count). The second kappa shape index (κ2) is 9.83. The van der Waals surface area contributed by atoms with Crippen LogP contribution in [-0.2, 0) is 11.2 Å². The van der Waals surface area contributed by atoms with Crippen LogP contribution < -0.4 is 20.1 Å². The number of rotatable bonds is 8. The number of methoxy groups -OCH3 is 2. The fraction of sp³-hybridized carbons (Fsp3) is 0.300. The average molecular weight is 391 g/mol. The summed E-state index contributed by atoms with van der Waals surface area (Å²) in [5, 5.41) is 5.83. The van der Waals surface area contributed by atoms with Crippen molar-refractivity contribution < 1.29 is 19.1 Å². The van der Waals surface area contributed by atoms with Gasteiger partial charge in [0.05, 0.1) is 31.2 Å². The van der Waals surface area contributed by atoms with E-state index in [0.29, 0.717) is 29.3 Å². The molecule has 0 saturated heterocycles. The third kappa shape index (κ3) is 5.62. The number of hydrogen-bond acceptors (Lipinski definition) is 4. The van der Waals surface area contributed by atoms with Crippen LogP contribution in [0.5, 0.6) is 11.5 Å². The van der Waals surface area contributed by atoms with Gasteiger partial charge in [0, 0.05) is 23.9 Å². The lowest BCUT2D eigenvalue weighted by Crippen LogP contribution is -2.24. The van der Waals surface area contributed by atoms with Gasteiger partial charge < -0.3 is 20.1 Å². The lowest BCUT2D eigenvalue weighted by molar-refractivity contribution is -0.115. The van der Waals surface area contributed by atoms with Crippen LogP contribution in [0.25, 0.3) is 0 Å². The lowest BCUT2D eigenvalue weighted by atomic mass is 10.1. The van der Waals surface area contributed by atoms with Crippen LogP contribution in [-0.4, -0.2) is 32.6 Å². The molecule has 0 heterocycles. The van der Waals surface area contributed by atoms with Gasteiger partial charge in [0.2, 0.25) is 5.91 Å². The molecule has 27 heavy (non-hydrogen) atoms. The van der Waals surface area contributed by atoms with Crippen LogP contribution in [0.4, 0.5) is 5.69 Å². The fourth-order valence-corrected chi connectivity index (χ4v) is 2.75. The van der Waals surface area contributed by atoms with Crippen molar-refractivity contribution in [1.82, 2.24) is 5.32 Å². The number of benzene rings is 2. The Labute approximate surface area is 163 Å². The zero-order chi connectivity index (χ0) is 19.8. The third-order valence-corrected chi connectivity index (χ3v) is 4.19. The predicted octanol–water partition coefficient (Wildman–Crippen LogP) is 3.68. The molecular weight excluding hydrogens is 368 g/mol. The van der Waals surface area contributed by atoms with Crippen molar-refractivity contribution in [1.29, 1.82) is 0 Å². The van der Waals surface area contributed by atoms with Crippen molar-refractivity contribution in [2.24, 2.45) is 0 Å². The van der Waals surface area contributed by atoms with E-state index in [4.69, 9.17) is 21.1 Å². The van der Waals surface area contributed by atoms with Crippen molar-refractivity contribution in [3.05, 3.63) is 52.5 Å². The first-order valence-electron chi connectivity index (χ1n) is 8.57. The normalized spacial score (nSPS) is 10.2. The molecule has 0 aliphatic rings. The van der Waals surface area contributed by atoms with Crippen molar-refractivity contribution in [2.45, 2.75) is 19.8 Å². The van der Waals surface area contributed by atoms with Gasteiger partial charge in [-0.3, -0.25) is 9.59 Å². The van der Waals surface area contributed by atoms with E-state index in [-0.39, 0.29) is 23.3 Å². The molecule has 6 nitrogen and oxygen atoms in total. The molecule has 0 saturated carbocycles. The highest BCUT2D eigenvalue weighted by Crippen LogP contribution is 2.26. The van der Waals surface area contributed by atoms with E-state index in [9.17, 15) is 9.59 Å². The molecular formula is C20H23ClN2O4. The number of amides is 2. The van der Waals surface area contributed by atoms with Crippen molar-refractivity contribution in [3.63, 3.8) is 0 Å². The van der Waals surface area contributed by atoms with Crippen LogP contribution >= 0.6 is 11.6 Å². The zero-order valence-electron chi connectivity index (χ0n) is 15.6. The molecule has 2 aromatic rings. The molecule has 0 atom stereocenters. The van der Waals surface area contributed by atoms with Crippen LogP contribution in [0.15, 0.2) is 36.4 Å². The number of hydrogen-bond donors (Lipinski definition) is 2. The maximum atomic E-state index is 12.4. The second-order valence-corrected chi connectivity index (χ2v) is 6.26. The number of halogens is 1. The van der Waals surface area contributed by atoms with Gasteiger partial charge in [0.25, 0.3) is 5.91 Å². The number of nitrogens with one attached hydrogen (secondary N) is 2. The molecule has 2 N–H and O–H groups in total.